The van der Waals surface area contributed by atoms with Crippen molar-refractivity contribution in [1.29, 1.82) is 0 Å². The van der Waals surface area contributed by atoms with E-state index < -0.39 is 0 Å². The van der Waals surface area contributed by atoms with Crippen molar-refractivity contribution >= 4 is 11.6 Å². The third-order valence-corrected chi connectivity index (χ3v) is 2.66. The number of nitrogens with one attached hydrogen (secondary N) is 1. The fraction of sp³-hybridized carbons (Fsp3) is 0.333. The summed E-state index contributed by atoms with van der Waals surface area (Å²) in [5.41, 5.74) is 6.91. The molecular weight excluding hydrogens is 233 g/mol. The molecule has 0 amide bonds. The molecule has 1 heterocycles. The van der Waals surface area contributed by atoms with Crippen molar-refractivity contribution < 1.29 is 4.39 Å². The smallest absolute Gasteiger partial charge is 0.224 e. The number of aromatic nitrogens is 3. The summed E-state index contributed by atoms with van der Waals surface area (Å²) in [6.07, 6.45) is 0. The van der Waals surface area contributed by atoms with Gasteiger partial charge in [-0.15, -0.1) is 10.2 Å². The second kappa shape index (κ2) is 5.03. The number of rotatable bonds is 4. The predicted octanol–water partition coefficient (Wildman–Crippen LogP) is 2.12. The molecule has 0 atom stereocenters. The van der Waals surface area contributed by atoms with E-state index in [9.17, 15) is 4.39 Å². The van der Waals surface area contributed by atoms with E-state index in [1.165, 1.54) is 18.2 Å². The number of nitrogens with zero attached hydrogens (tertiary/aromatic N) is 3. The molecule has 0 aliphatic rings. The minimum Gasteiger partial charge on any atom is -0.398 e. The summed E-state index contributed by atoms with van der Waals surface area (Å²) in [5.74, 6) is 0.902. The van der Waals surface area contributed by atoms with Gasteiger partial charge in [0, 0.05) is 24.3 Å². The van der Waals surface area contributed by atoms with Gasteiger partial charge in [0.05, 0.1) is 0 Å². The third-order valence-electron chi connectivity index (χ3n) is 2.66. The lowest BCUT2D eigenvalue weighted by Crippen LogP contribution is -2.07. The molecule has 0 unspecified atom stereocenters. The highest BCUT2D eigenvalue weighted by atomic mass is 19.1. The van der Waals surface area contributed by atoms with Crippen LogP contribution in [0.25, 0.3) is 11.4 Å². The molecule has 2 rings (SSSR count). The highest BCUT2D eigenvalue weighted by Gasteiger charge is 2.14. The molecule has 0 fully saturated rings. The van der Waals surface area contributed by atoms with Gasteiger partial charge in [0.15, 0.2) is 5.82 Å². The van der Waals surface area contributed by atoms with Crippen LogP contribution in [0.3, 0.4) is 0 Å². The summed E-state index contributed by atoms with van der Waals surface area (Å²) in [6.45, 7) is 5.38. The van der Waals surface area contributed by atoms with Crippen molar-refractivity contribution in [3.8, 4) is 11.4 Å². The number of hydrogen-bond donors (Lipinski definition) is 2. The van der Waals surface area contributed by atoms with Gasteiger partial charge in [-0.05, 0) is 32.0 Å². The molecule has 6 heteroatoms. The van der Waals surface area contributed by atoms with Crippen molar-refractivity contribution in [3.05, 3.63) is 24.0 Å². The Labute approximate surface area is 105 Å². The second-order valence-electron chi connectivity index (χ2n) is 3.85. The van der Waals surface area contributed by atoms with Gasteiger partial charge in [0.1, 0.15) is 5.82 Å². The van der Waals surface area contributed by atoms with Crippen LogP contribution >= 0.6 is 0 Å². The van der Waals surface area contributed by atoms with E-state index in [0.717, 1.165) is 6.54 Å². The summed E-state index contributed by atoms with van der Waals surface area (Å²) in [4.78, 5) is 0. The Kier molecular flexibility index (Phi) is 3.45. The summed E-state index contributed by atoms with van der Waals surface area (Å²) >= 11 is 0. The van der Waals surface area contributed by atoms with Crippen molar-refractivity contribution in [2.45, 2.75) is 20.4 Å². The molecule has 3 N–H and O–H groups in total. The quantitative estimate of drug-likeness (QED) is 0.814. The van der Waals surface area contributed by atoms with Gasteiger partial charge in [-0.25, -0.2) is 4.39 Å². The first kappa shape index (κ1) is 12.3. The first-order valence-electron chi connectivity index (χ1n) is 5.89. The molecule has 0 saturated carbocycles. The van der Waals surface area contributed by atoms with Crippen molar-refractivity contribution in [2.24, 2.45) is 0 Å². The Morgan fingerprint density at radius 2 is 2.11 bits per heavy atom. The lowest BCUT2D eigenvalue weighted by atomic mass is 10.1. The van der Waals surface area contributed by atoms with E-state index in [4.69, 9.17) is 5.73 Å². The number of hydrogen-bond acceptors (Lipinski definition) is 4. The van der Waals surface area contributed by atoms with E-state index in [0.29, 0.717) is 29.6 Å². The van der Waals surface area contributed by atoms with Crippen LogP contribution in [-0.4, -0.2) is 21.3 Å². The second-order valence-corrected chi connectivity index (χ2v) is 3.85. The minimum atomic E-state index is -0.338. The zero-order chi connectivity index (χ0) is 13.1. The maximum atomic E-state index is 13.3. The molecule has 0 aliphatic heterocycles. The molecular formula is C12H16FN5. The number of nitrogen functional groups attached to an aromatic ring is 1. The zero-order valence-corrected chi connectivity index (χ0v) is 10.4. The molecule has 1 aromatic heterocycles. The summed E-state index contributed by atoms with van der Waals surface area (Å²) in [6, 6.07) is 4.24. The van der Waals surface area contributed by atoms with E-state index in [1.807, 2.05) is 18.4 Å². The van der Waals surface area contributed by atoms with Crippen LogP contribution in [0.5, 0.6) is 0 Å². The summed E-state index contributed by atoms with van der Waals surface area (Å²) < 4.78 is 15.2. The number of anilines is 2. The molecule has 0 bridgehead atoms. The van der Waals surface area contributed by atoms with Crippen LogP contribution < -0.4 is 11.1 Å². The topological polar surface area (TPSA) is 68.8 Å². The molecule has 0 aliphatic carbocycles. The van der Waals surface area contributed by atoms with Crippen molar-refractivity contribution in [3.63, 3.8) is 0 Å². The van der Waals surface area contributed by atoms with Gasteiger partial charge >= 0.3 is 0 Å². The van der Waals surface area contributed by atoms with Crippen LogP contribution in [0.1, 0.15) is 13.8 Å². The Morgan fingerprint density at radius 1 is 1.33 bits per heavy atom. The SMILES string of the molecule is CCNc1nnc(-c2cc(F)ccc2N)n1CC. The summed E-state index contributed by atoms with van der Waals surface area (Å²) in [5, 5.41) is 11.2. The largest absolute Gasteiger partial charge is 0.398 e. The Bertz CT molecular complexity index is 549. The fourth-order valence-corrected chi connectivity index (χ4v) is 1.81. The molecule has 0 spiro atoms. The number of nitrogens with two attached hydrogens (primary N) is 1. The molecule has 5 nitrogen and oxygen atoms in total. The fourth-order valence-electron chi connectivity index (χ4n) is 1.81. The molecule has 18 heavy (non-hydrogen) atoms. The van der Waals surface area contributed by atoms with Crippen LogP contribution in [0.2, 0.25) is 0 Å². The summed E-state index contributed by atoms with van der Waals surface area (Å²) in [7, 11) is 0. The highest BCUT2D eigenvalue weighted by molar-refractivity contribution is 5.72. The number of benzene rings is 1. The minimum absolute atomic E-state index is 0.338. The van der Waals surface area contributed by atoms with Gasteiger partial charge in [-0.3, -0.25) is 4.57 Å². The monoisotopic (exact) mass is 249 g/mol. The Balaban J connectivity index is 2.53. The Morgan fingerprint density at radius 3 is 2.78 bits per heavy atom. The van der Waals surface area contributed by atoms with Crippen molar-refractivity contribution in [1.82, 2.24) is 14.8 Å². The average molecular weight is 249 g/mol. The lowest BCUT2D eigenvalue weighted by Gasteiger charge is -2.09. The van der Waals surface area contributed by atoms with Crippen LogP contribution in [0, 0.1) is 5.82 Å². The molecule has 96 valence electrons. The highest BCUT2D eigenvalue weighted by Crippen LogP contribution is 2.26. The first-order valence-corrected chi connectivity index (χ1v) is 5.89. The third kappa shape index (κ3) is 2.13. The zero-order valence-electron chi connectivity index (χ0n) is 10.4. The maximum absolute atomic E-state index is 13.3. The van der Waals surface area contributed by atoms with Gasteiger partial charge in [0.2, 0.25) is 5.95 Å². The average Bonchev–Trinajstić information content (AvgIpc) is 2.75. The standard InChI is InChI=1S/C12H16FN5/c1-3-15-12-17-16-11(18(12)4-2)9-7-8(13)5-6-10(9)14/h5-7H,3-4,14H2,1-2H3,(H,15,17). The Hall–Kier alpha value is -2.11. The molecule has 1 aromatic carbocycles. The van der Waals surface area contributed by atoms with E-state index >= 15 is 0 Å². The van der Waals surface area contributed by atoms with Crippen LogP contribution in [0.4, 0.5) is 16.0 Å². The van der Waals surface area contributed by atoms with Gasteiger partial charge in [0.25, 0.3) is 0 Å². The van der Waals surface area contributed by atoms with Gasteiger partial charge in [-0.2, -0.15) is 0 Å². The lowest BCUT2D eigenvalue weighted by molar-refractivity contribution is 0.628. The molecule has 0 radical (unpaired) electrons. The van der Waals surface area contributed by atoms with Gasteiger partial charge < -0.3 is 11.1 Å². The van der Waals surface area contributed by atoms with Gasteiger partial charge in [-0.1, -0.05) is 0 Å². The molecule has 2 aromatic rings. The maximum Gasteiger partial charge on any atom is 0.224 e. The normalized spacial score (nSPS) is 10.6. The van der Waals surface area contributed by atoms with E-state index in [1.54, 1.807) is 0 Å². The molecule has 0 saturated heterocycles. The van der Waals surface area contributed by atoms with Crippen LogP contribution in [0.15, 0.2) is 18.2 Å². The van der Waals surface area contributed by atoms with E-state index in [2.05, 4.69) is 15.5 Å². The van der Waals surface area contributed by atoms with E-state index in [-0.39, 0.29) is 5.82 Å². The first-order chi connectivity index (χ1) is 8.67. The van der Waals surface area contributed by atoms with Crippen LogP contribution in [-0.2, 0) is 6.54 Å². The predicted molar refractivity (Wildman–Crippen MR) is 69.7 cm³/mol. The number of halogens is 1. The van der Waals surface area contributed by atoms with Crippen molar-refractivity contribution in [2.75, 3.05) is 17.6 Å².